The van der Waals surface area contributed by atoms with Gasteiger partial charge in [-0.3, -0.25) is 13.9 Å². The van der Waals surface area contributed by atoms with E-state index in [2.05, 4.69) is 5.32 Å². The number of carbonyl (C=O) groups excluding carboxylic acids is 2. The second kappa shape index (κ2) is 12.7. The highest BCUT2D eigenvalue weighted by atomic mass is 35.5. The van der Waals surface area contributed by atoms with E-state index in [1.165, 1.54) is 24.1 Å². The fraction of sp³-hybridized carbons (Fsp3) is 0.286. The Balaban J connectivity index is 2.10. The largest absolute Gasteiger partial charge is 0.357 e. The zero-order chi connectivity index (χ0) is 28.0. The fourth-order valence-corrected chi connectivity index (χ4v) is 6.01. The van der Waals surface area contributed by atoms with Gasteiger partial charge in [-0.15, -0.1) is 0 Å². The Morgan fingerprint density at radius 2 is 1.53 bits per heavy atom. The van der Waals surface area contributed by atoms with Crippen LogP contribution in [0.15, 0.2) is 71.6 Å². The summed E-state index contributed by atoms with van der Waals surface area (Å²) < 4.78 is 28.8. The first-order valence-electron chi connectivity index (χ1n) is 12.1. The number of benzene rings is 3. The summed E-state index contributed by atoms with van der Waals surface area (Å²) >= 11 is 12.8. The summed E-state index contributed by atoms with van der Waals surface area (Å²) in [5, 5.41) is 3.27. The van der Waals surface area contributed by atoms with Crippen LogP contribution in [0.2, 0.25) is 10.0 Å². The van der Waals surface area contributed by atoms with Crippen LogP contribution in [-0.2, 0) is 26.2 Å². The van der Waals surface area contributed by atoms with Gasteiger partial charge in [-0.25, -0.2) is 8.42 Å². The summed E-state index contributed by atoms with van der Waals surface area (Å²) in [4.78, 5) is 28.1. The number of rotatable bonds is 10. The third-order valence-electron chi connectivity index (χ3n) is 6.20. The minimum absolute atomic E-state index is 0.0523. The van der Waals surface area contributed by atoms with E-state index >= 15 is 0 Å². The number of halogens is 2. The molecule has 0 spiro atoms. The summed E-state index contributed by atoms with van der Waals surface area (Å²) in [5.74, 6) is -0.957. The van der Waals surface area contributed by atoms with E-state index in [4.69, 9.17) is 23.2 Å². The Morgan fingerprint density at radius 3 is 2.08 bits per heavy atom. The van der Waals surface area contributed by atoms with Gasteiger partial charge in [0.05, 0.1) is 10.6 Å². The van der Waals surface area contributed by atoms with E-state index in [9.17, 15) is 18.0 Å². The number of sulfonamides is 1. The molecular formula is C28H31Cl2N3O4S. The molecule has 1 unspecified atom stereocenters. The minimum atomic E-state index is -4.13. The molecule has 0 radical (unpaired) electrons. The number of hydrogen-bond donors (Lipinski definition) is 1. The molecule has 0 bridgehead atoms. The zero-order valence-electron chi connectivity index (χ0n) is 21.7. The molecule has 0 fully saturated rings. The number of anilines is 1. The molecule has 10 heteroatoms. The van der Waals surface area contributed by atoms with Crippen LogP contribution in [0.4, 0.5) is 5.69 Å². The van der Waals surface area contributed by atoms with Gasteiger partial charge in [0.2, 0.25) is 11.8 Å². The predicted octanol–water partition coefficient (Wildman–Crippen LogP) is 5.36. The molecule has 0 heterocycles. The number of hydrogen-bond acceptors (Lipinski definition) is 4. The highest BCUT2D eigenvalue weighted by Crippen LogP contribution is 2.29. The molecule has 0 aliphatic rings. The van der Waals surface area contributed by atoms with Gasteiger partial charge >= 0.3 is 0 Å². The number of nitrogens with zero attached hydrogens (tertiary/aromatic N) is 2. The van der Waals surface area contributed by atoms with Crippen molar-refractivity contribution in [1.82, 2.24) is 10.2 Å². The molecule has 202 valence electrons. The van der Waals surface area contributed by atoms with E-state index in [1.807, 2.05) is 19.9 Å². The lowest BCUT2D eigenvalue weighted by Crippen LogP contribution is -2.51. The lowest BCUT2D eigenvalue weighted by Gasteiger charge is -2.33. The first kappa shape index (κ1) is 29.5. The highest BCUT2D eigenvalue weighted by molar-refractivity contribution is 7.92. The Morgan fingerprint density at radius 1 is 0.921 bits per heavy atom. The van der Waals surface area contributed by atoms with Crippen molar-refractivity contribution in [2.24, 2.45) is 0 Å². The Bertz CT molecular complexity index is 1390. The van der Waals surface area contributed by atoms with Crippen LogP contribution in [0, 0.1) is 13.8 Å². The second-order valence-corrected chi connectivity index (χ2v) is 11.6. The van der Waals surface area contributed by atoms with Crippen LogP contribution in [0.1, 0.15) is 30.0 Å². The third-order valence-corrected chi connectivity index (χ3v) is 8.70. The lowest BCUT2D eigenvalue weighted by molar-refractivity contribution is -0.140. The third kappa shape index (κ3) is 6.67. The van der Waals surface area contributed by atoms with Crippen molar-refractivity contribution in [3.05, 3.63) is 93.5 Å². The Kier molecular flexibility index (Phi) is 9.82. The molecule has 38 heavy (non-hydrogen) atoms. The summed E-state index contributed by atoms with van der Waals surface area (Å²) in [7, 11) is -2.65. The van der Waals surface area contributed by atoms with Gasteiger partial charge in [0.25, 0.3) is 10.0 Å². The quantitative estimate of drug-likeness (QED) is 0.352. The molecule has 0 saturated heterocycles. The van der Waals surface area contributed by atoms with Crippen LogP contribution in [0.3, 0.4) is 0 Å². The number of aryl methyl sites for hydroxylation is 2. The van der Waals surface area contributed by atoms with E-state index in [-0.39, 0.29) is 17.3 Å². The van der Waals surface area contributed by atoms with Crippen LogP contribution >= 0.6 is 23.2 Å². The van der Waals surface area contributed by atoms with Crippen molar-refractivity contribution in [3.8, 4) is 0 Å². The normalized spacial score (nSPS) is 12.1. The van der Waals surface area contributed by atoms with E-state index < -0.39 is 28.5 Å². The van der Waals surface area contributed by atoms with Gasteiger partial charge < -0.3 is 10.2 Å². The predicted molar refractivity (Wildman–Crippen MR) is 152 cm³/mol. The first-order chi connectivity index (χ1) is 18.0. The van der Waals surface area contributed by atoms with Crippen LogP contribution in [-0.4, -0.2) is 44.8 Å². The van der Waals surface area contributed by atoms with Crippen LogP contribution in [0.5, 0.6) is 0 Å². The highest BCUT2D eigenvalue weighted by Gasteiger charge is 2.34. The standard InChI is InChI=1S/C28H31Cl2N3O4S/c1-5-26(28(35)31-4)32(17-23-24(29)10-7-11-25(23)30)27(34)18-33(21-9-6-8-20(3)16-21)38(36,37)22-14-12-19(2)13-15-22/h6-16,26H,5,17-18H2,1-4H3,(H,31,35). The van der Waals surface area contributed by atoms with E-state index in [0.717, 1.165) is 15.4 Å². The van der Waals surface area contributed by atoms with Crippen LogP contribution in [0.25, 0.3) is 0 Å². The van der Waals surface area contributed by atoms with E-state index in [1.54, 1.807) is 55.5 Å². The van der Waals surface area contributed by atoms with Gasteiger partial charge in [0, 0.05) is 29.2 Å². The zero-order valence-corrected chi connectivity index (χ0v) is 24.1. The molecule has 1 atom stereocenters. The number of carbonyl (C=O) groups is 2. The van der Waals surface area contributed by atoms with Gasteiger partial charge in [0.1, 0.15) is 12.6 Å². The number of likely N-dealkylation sites (N-methyl/N-ethyl adjacent to an activating group) is 1. The monoisotopic (exact) mass is 575 g/mol. The second-order valence-electron chi connectivity index (χ2n) is 8.92. The lowest BCUT2D eigenvalue weighted by atomic mass is 10.1. The number of amides is 2. The molecule has 0 saturated carbocycles. The van der Waals surface area contributed by atoms with Crippen molar-refractivity contribution in [3.63, 3.8) is 0 Å². The fourth-order valence-electron chi connectivity index (χ4n) is 4.09. The Labute approximate surface area is 234 Å². The van der Waals surface area contributed by atoms with Crippen molar-refractivity contribution in [1.29, 1.82) is 0 Å². The van der Waals surface area contributed by atoms with Gasteiger partial charge in [-0.1, -0.05) is 66.0 Å². The van der Waals surface area contributed by atoms with Crippen molar-refractivity contribution in [2.75, 3.05) is 17.9 Å². The maximum absolute atomic E-state index is 13.9. The molecular weight excluding hydrogens is 545 g/mol. The Hall–Kier alpha value is -3.07. The molecule has 2 amide bonds. The molecule has 7 nitrogen and oxygen atoms in total. The molecule has 3 rings (SSSR count). The summed E-state index contributed by atoms with van der Waals surface area (Å²) in [6, 6.07) is 17.4. The SMILES string of the molecule is CCC(C(=O)NC)N(Cc1c(Cl)cccc1Cl)C(=O)CN(c1cccc(C)c1)S(=O)(=O)c1ccc(C)cc1. The first-order valence-corrected chi connectivity index (χ1v) is 14.3. The van der Waals surface area contributed by atoms with Crippen molar-refractivity contribution >= 4 is 50.7 Å². The van der Waals surface area contributed by atoms with Crippen molar-refractivity contribution < 1.29 is 18.0 Å². The van der Waals surface area contributed by atoms with Gasteiger partial charge in [-0.2, -0.15) is 0 Å². The molecule has 0 aliphatic carbocycles. The molecule has 3 aromatic rings. The minimum Gasteiger partial charge on any atom is -0.357 e. The molecule has 0 aromatic heterocycles. The molecule has 1 N–H and O–H groups in total. The maximum Gasteiger partial charge on any atom is 0.264 e. The molecule has 0 aliphatic heterocycles. The molecule has 3 aromatic carbocycles. The summed E-state index contributed by atoms with van der Waals surface area (Å²) in [6.07, 6.45) is 0.294. The topological polar surface area (TPSA) is 86.8 Å². The van der Waals surface area contributed by atoms with Crippen molar-refractivity contribution in [2.45, 2.75) is 44.7 Å². The smallest absolute Gasteiger partial charge is 0.264 e. The average molecular weight is 577 g/mol. The summed E-state index contributed by atoms with van der Waals surface area (Å²) in [6.45, 7) is 4.87. The number of nitrogens with one attached hydrogen (secondary N) is 1. The van der Waals surface area contributed by atoms with Gasteiger partial charge in [0.15, 0.2) is 0 Å². The average Bonchev–Trinajstić information content (AvgIpc) is 2.88. The summed E-state index contributed by atoms with van der Waals surface area (Å²) in [5.41, 5.74) is 2.54. The van der Waals surface area contributed by atoms with E-state index in [0.29, 0.717) is 27.7 Å². The van der Waals surface area contributed by atoms with Crippen LogP contribution < -0.4 is 9.62 Å². The van der Waals surface area contributed by atoms with Gasteiger partial charge in [-0.05, 0) is 62.2 Å². The maximum atomic E-state index is 13.9.